The fourth-order valence-electron chi connectivity index (χ4n) is 2.70. The van der Waals surface area contributed by atoms with E-state index < -0.39 is 5.60 Å². The molecule has 0 bridgehead atoms. The number of hydrogen-bond acceptors (Lipinski definition) is 3. The van der Waals surface area contributed by atoms with E-state index in [-0.39, 0.29) is 5.91 Å². The van der Waals surface area contributed by atoms with Crippen LogP contribution >= 0.6 is 0 Å². The second kappa shape index (κ2) is 5.83. The van der Waals surface area contributed by atoms with Crippen LogP contribution in [0.4, 0.5) is 5.69 Å². The van der Waals surface area contributed by atoms with E-state index in [9.17, 15) is 9.90 Å². The van der Waals surface area contributed by atoms with Gasteiger partial charge in [-0.15, -0.1) is 0 Å². The summed E-state index contributed by atoms with van der Waals surface area (Å²) in [6.45, 7) is 8.98. The number of likely N-dealkylation sites (tertiary alicyclic amines) is 1. The molecule has 1 aromatic carbocycles. The molecule has 1 heterocycles. The second-order valence-electron chi connectivity index (χ2n) is 5.69. The number of rotatable bonds is 4. The first-order valence-corrected chi connectivity index (χ1v) is 7.33. The van der Waals surface area contributed by atoms with Crippen LogP contribution < -0.4 is 4.90 Å². The highest BCUT2D eigenvalue weighted by atomic mass is 16.3. The molecule has 0 spiro atoms. The van der Waals surface area contributed by atoms with E-state index in [4.69, 9.17) is 0 Å². The molecule has 1 amide bonds. The van der Waals surface area contributed by atoms with E-state index >= 15 is 0 Å². The van der Waals surface area contributed by atoms with Gasteiger partial charge in [-0.25, -0.2) is 0 Å². The van der Waals surface area contributed by atoms with Crippen LogP contribution in [-0.2, 0) is 0 Å². The van der Waals surface area contributed by atoms with E-state index in [2.05, 4.69) is 18.7 Å². The lowest BCUT2D eigenvalue weighted by atomic mass is 10.1. The van der Waals surface area contributed by atoms with Gasteiger partial charge in [0.25, 0.3) is 5.91 Å². The third-order valence-corrected chi connectivity index (χ3v) is 3.98. The zero-order valence-electron chi connectivity index (χ0n) is 12.6. The number of aliphatic hydroxyl groups is 1. The average Bonchev–Trinajstić information content (AvgIpc) is 2.80. The van der Waals surface area contributed by atoms with Crippen LogP contribution in [0, 0.1) is 0 Å². The van der Waals surface area contributed by atoms with Crippen molar-refractivity contribution in [2.45, 2.75) is 32.8 Å². The van der Waals surface area contributed by atoms with Crippen LogP contribution in [0.2, 0.25) is 0 Å². The summed E-state index contributed by atoms with van der Waals surface area (Å²) in [4.78, 5) is 16.3. The standard InChI is InChI=1S/C16H24N2O2/c1-4-17(5-2)14-8-6-13(7-9-14)15(19)18-11-10-16(3,20)12-18/h6-9,20H,4-5,10-12H2,1-3H3. The molecule has 1 fully saturated rings. The van der Waals surface area contributed by atoms with Crippen molar-refractivity contribution in [2.75, 3.05) is 31.1 Å². The first-order valence-electron chi connectivity index (χ1n) is 7.33. The van der Waals surface area contributed by atoms with Crippen molar-refractivity contribution in [2.24, 2.45) is 0 Å². The van der Waals surface area contributed by atoms with Gasteiger partial charge >= 0.3 is 0 Å². The zero-order chi connectivity index (χ0) is 14.8. The van der Waals surface area contributed by atoms with Gasteiger partial charge in [0.2, 0.25) is 0 Å². The topological polar surface area (TPSA) is 43.8 Å². The zero-order valence-corrected chi connectivity index (χ0v) is 12.6. The maximum Gasteiger partial charge on any atom is 0.253 e. The average molecular weight is 276 g/mol. The quantitative estimate of drug-likeness (QED) is 0.916. The molecule has 0 aromatic heterocycles. The van der Waals surface area contributed by atoms with Crippen molar-refractivity contribution in [3.05, 3.63) is 29.8 Å². The number of hydrogen-bond donors (Lipinski definition) is 1. The van der Waals surface area contributed by atoms with Crippen LogP contribution in [0.25, 0.3) is 0 Å². The Balaban J connectivity index is 2.08. The number of benzene rings is 1. The number of carbonyl (C=O) groups excluding carboxylic acids is 1. The van der Waals surface area contributed by atoms with Crippen LogP contribution in [0.1, 0.15) is 37.6 Å². The van der Waals surface area contributed by atoms with Crippen LogP contribution in [0.5, 0.6) is 0 Å². The summed E-state index contributed by atoms with van der Waals surface area (Å²) in [6, 6.07) is 7.74. The SMILES string of the molecule is CCN(CC)c1ccc(C(=O)N2CCC(C)(O)C2)cc1. The summed E-state index contributed by atoms with van der Waals surface area (Å²) >= 11 is 0. The first kappa shape index (κ1) is 14.9. The van der Waals surface area contributed by atoms with E-state index in [1.54, 1.807) is 11.8 Å². The van der Waals surface area contributed by atoms with E-state index in [1.165, 1.54) is 0 Å². The van der Waals surface area contributed by atoms with Crippen LogP contribution in [0.15, 0.2) is 24.3 Å². The predicted molar refractivity (Wildman–Crippen MR) is 81.1 cm³/mol. The van der Waals surface area contributed by atoms with Crippen molar-refractivity contribution in [3.8, 4) is 0 Å². The Hall–Kier alpha value is -1.55. The molecule has 0 radical (unpaired) electrons. The Labute approximate surface area is 121 Å². The predicted octanol–water partition coefficient (Wildman–Crippen LogP) is 2.13. The van der Waals surface area contributed by atoms with Crippen molar-refractivity contribution >= 4 is 11.6 Å². The number of amides is 1. The highest BCUT2D eigenvalue weighted by molar-refractivity contribution is 5.94. The number of carbonyl (C=O) groups is 1. The molecule has 1 aromatic rings. The molecular weight excluding hydrogens is 252 g/mol. The highest BCUT2D eigenvalue weighted by Gasteiger charge is 2.34. The molecule has 110 valence electrons. The maximum absolute atomic E-state index is 12.4. The molecule has 1 saturated heterocycles. The molecule has 0 saturated carbocycles. The van der Waals surface area contributed by atoms with Gasteiger partial charge in [0, 0.05) is 37.4 Å². The van der Waals surface area contributed by atoms with Gasteiger partial charge in [0.1, 0.15) is 0 Å². The van der Waals surface area contributed by atoms with Crippen LogP contribution in [0.3, 0.4) is 0 Å². The summed E-state index contributed by atoms with van der Waals surface area (Å²) in [5.74, 6) is 0.00821. The summed E-state index contributed by atoms with van der Waals surface area (Å²) in [5, 5.41) is 9.94. The molecule has 20 heavy (non-hydrogen) atoms. The third-order valence-electron chi connectivity index (χ3n) is 3.98. The molecule has 2 rings (SSSR count). The van der Waals surface area contributed by atoms with E-state index in [0.29, 0.717) is 25.1 Å². The first-order chi connectivity index (χ1) is 9.46. The molecule has 4 heteroatoms. The Bertz CT molecular complexity index is 464. The normalized spacial score (nSPS) is 22.1. The minimum Gasteiger partial charge on any atom is -0.388 e. The molecule has 1 N–H and O–H groups in total. The van der Waals surface area contributed by atoms with Gasteiger partial charge in [-0.2, -0.15) is 0 Å². The van der Waals surface area contributed by atoms with Crippen molar-refractivity contribution in [1.82, 2.24) is 4.90 Å². The Morgan fingerprint density at radius 1 is 1.30 bits per heavy atom. The van der Waals surface area contributed by atoms with Gasteiger partial charge in [0.05, 0.1) is 5.60 Å². The molecular formula is C16H24N2O2. The largest absolute Gasteiger partial charge is 0.388 e. The van der Waals surface area contributed by atoms with E-state index in [1.807, 2.05) is 24.3 Å². The lowest BCUT2D eigenvalue weighted by Crippen LogP contribution is -2.33. The minimum absolute atomic E-state index is 0.00821. The minimum atomic E-state index is -0.739. The number of nitrogens with zero attached hydrogens (tertiary/aromatic N) is 2. The highest BCUT2D eigenvalue weighted by Crippen LogP contribution is 2.23. The molecule has 0 aliphatic carbocycles. The smallest absolute Gasteiger partial charge is 0.253 e. The monoisotopic (exact) mass is 276 g/mol. The van der Waals surface area contributed by atoms with Gasteiger partial charge in [-0.3, -0.25) is 4.79 Å². The Morgan fingerprint density at radius 2 is 1.90 bits per heavy atom. The lowest BCUT2D eigenvalue weighted by Gasteiger charge is -2.22. The number of anilines is 1. The van der Waals surface area contributed by atoms with Crippen molar-refractivity contribution in [1.29, 1.82) is 0 Å². The fourth-order valence-corrected chi connectivity index (χ4v) is 2.70. The molecule has 4 nitrogen and oxygen atoms in total. The molecule has 1 atom stereocenters. The molecule has 1 aliphatic rings. The van der Waals surface area contributed by atoms with Crippen LogP contribution in [-0.4, -0.2) is 47.7 Å². The van der Waals surface area contributed by atoms with Gasteiger partial charge in [-0.1, -0.05) is 0 Å². The maximum atomic E-state index is 12.4. The Morgan fingerprint density at radius 3 is 2.35 bits per heavy atom. The summed E-state index contributed by atoms with van der Waals surface area (Å²) in [6.07, 6.45) is 0.649. The van der Waals surface area contributed by atoms with Gasteiger partial charge in [0.15, 0.2) is 0 Å². The summed E-state index contributed by atoms with van der Waals surface area (Å²) < 4.78 is 0. The number of β-amino-alcohol motifs (C(OH)–C–C–N with tert-alkyl or cyclic N) is 1. The third kappa shape index (κ3) is 3.12. The summed E-state index contributed by atoms with van der Waals surface area (Å²) in [7, 11) is 0. The Kier molecular flexibility index (Phi) is 4.33. The van der Waals surface area contributed by atoms with E-state index in [0.717, 1.165) is 18.8 Å². The van der Waals surface area contributed by atoms with Crippen molar-refractivity contribution < 1.29 is 9.90 Å². The lowest BCUT2D eigenvalue weighted by molar-refractivity contribution is 0.0572. The van der Waals surface area contributed by atoms with Crippen molar-refractivity contribution in [3.63, 3.8) is 0 Å². The molecule has 1 aliphatic heterocycles. The fraction of sp³-hybridized carbons (Fsp3) is 0.562. The van der Waals surface area contributed by atoms with Gasteiger partial charge in [-0.05, 0) is 51.5 Å². The summed E-state index contributed by atoms with van der Waals surface area (Å²) in [5.41, 5.74) is 1.09. The van der Waals surface area contributed by atoms with Gasteiger partial charge < -0.3 is 14.9 Å². The second-order valence-corrected chi connectivity index (χ2v) is 5.69. The molecule has 1 unspecified atom stereocenters.